The second kappa shape index (κ2) is 13.9. The predicted octanol–water partition coefficient (Wildman–Crippen LogP) is 5.69. The number of rotatable bonds is 11. The van der Waals surface area contributed by atoms with Crippen LogP contribution in [0.4, 0.5) is 4.79 Å². The molecule has 3 aromatic carbocycles. The first kappa shape index (κ1) is 29.0. The Balaban J connectivity index is 1.37. The van der Waals surface area contributed by atoms with E-state index < -0.39 is 24.0 Å². The summed E-state index contributed by atoms with van der Waals surface area (Å²) in [6, 6.07) is 21.2. The molecule has 40 heavy (non-hydrogen) atoms. The van der Waals surface area contributed by atoms with Gasteiger partial charge in [-0.2, -0.15) is 0 Å². The maximum Gasteiger partial charge on any atom is 0.317 e. The number of aryl methyl sites for hydroxylation is 1. The summed E-state index contributed by atoms with van der Waals surface area (Å²) in [5.41, 5.74) is 3.54. The van der Waals surface area contributed by atoms with E-state index in [0.717, 1.165) is 26.9 Å². The number of nitrogens with zero attached hydrogens (tertiary/aromatic N) is 2. The Kier molecular flexibility index (Phi) is 10.1. The number of halogens is 1. The topological polar surface area (TPSA) is 97.8 Å². The van der Waals surface area contributed by atoms with Crippen molar-refractivity contribution in [3.8, 4) is 0 Å². The molecule has 1 N–H and O–H groups in total. The van der Waals surface area contributed by atoms with Gasteiger partial charge in [-0.15, -0.1) is 11.3 Å². The number of carbonyl (C=O) groups excluding carboxylic acids is 3. The summed E-state index contributed by atoms with van der Waals surface area (Å²) in [5, 5.41) is 3.97. The Morgan fingerprint density at radius 1 is 1.00 bits per heavy atom. The molecule has 1 atom stereocenters. The van der Waals surface area contributed by atoms with Crippen LogP contribution in [0.25, 0.3) is 10.2 Å². The third-order valence-electron chi connectivity index (χ3n) is 6.22. The number of hydrogen-bond donors (Lipinski definition) is 1. The first-order valence-electron chi connectivity index (χ1n) is 12.7. The van der Waals surface area contributed by atoms with Crippen LogP contribution in [0.3, 0.4) is 0 Å². The monoisotopic (exact) mass is 579 g/mol. The second-order valence-corrected chi connectivity index (χ2v) is 10.8. The number of amides is 2. The third kappa shape index (κ3) is 8.27. The number of fused-ring (bicyclic) bond motifs is 1. The number of nitrogens with one attached hydrogen (secondary N) is 1. The largest absolute Gasteiger partial charge is 0.463 e. The lowest BCUT2D eigenvalue weighted by molar-refractivity contribution is -0.150. The van der Waals surface area contributed by atoms with Gasteiger partial charge in [0.15, 0.2) is 0 Å². The van der Waals surface area contributed by atoms with Crippen molar-refractivity contribution < 1.29 is 23.9 Å². The number of hydrogen-bond acceptors (Lipinski definition) is 7. The number of benzene rings is 3. The van der Waals surface area contributed by atoms with Crippen LogP contribution in [-0.4, -0.2) is 47.6 Å². The summed E-state index contributed by atoms with van der Waals surface area (Å²) in [7, 11) is 1.54. The molecular weight excluding hydrogens is 550 g/mol. The van der Waals surface area contributed by atoms with E-state index in [9.17, 15) is 14.4 Å². The molecule has 0 aliphatic heterocycles. The summed E-state index contributed by atoms with van der Waals surface area (Å²) in [6.45, 7) is 2.12. The predicted molar refractivity (Wildman–Crippen MR) is 155 cm³/mol. The van der Waals surface area contributed by atoms with Gasteiger partial charge in [-0.3, -0.25) is 9.59 Å². The molecule has 0 bridgehead atoms. The van der Waals surface area contributed by atoms with Gasteiger partial charge in [0, 0.05) is 18.6 Å². The average molecular weight is 580 g/mol. The minimum Gasteiger partial charge on any atom is -0.463 e. The maximum absolute atomic E-state index is 13.0. The van der Waals surface area contributed by atoms with Gasteiger partial charge in [-0.25, -0.2) is 9.78 Å². The highest BCUT2D eigenvalue weighted by Gasteiger charge is 2.26. The minimum atomic E-state index is -0.753. The average Bonchev–Trinajstić information content (AvgIpc) is 3.34. The fourth-order valence-electron chi connectivity index (χ4n) is 3.92. The fraction of sp³-hybridized carbons (Fsp3) is 0.267. The van der Waals surface area contributed by atoms with E-state index in [1.807, 2.05) is 67.6 Å². The van der Waals surface area contributed by atoms with Crippen LogP contribution < -0.4 is 5.32 Å². The van der Waals surface area contributed by atoms with Crippen molar-refractivity contribution >= 4 is 51.1 Å². The van der Waals surface area contributed by atoms with Gasteiger partial charge in [0.25, 0.3) is 0 Å². The summed E-state index contributed by atoms with van der Waals surface area (Å²) in [6.07, 6.45) is -0.164. The van der Waals surface area contributed by atoms with Gasteiger partial charge in [0.2, 0.25) is 0 Å². The van der Waals surface area contributed by atoms with Crippen LogP contribution >= 0.6 is 22.9 Å². The zero-order valence-corrected chi connectivity index (χ0v) is 23.8. The Morgan fingerprint density at radius 2 is 1.75 bits per heavy atom. The van der Waals surface area contributed by atoms with Crippen LogP contribution in [0.1, 0.15) is 28.1 Å². The molecule has 1 aromatic heterocycles. The van der Waals surface area contributed by atoms with E-state index in [4.69, 9.17) is 21.1 Å². The number of likely N-dealkylation sites (N-methyl/N-ethyl adjacent to an activating group) is 1. The van der Waals surface area contributed by atoms with Crippen LogP contribution in [-0.2, 0) is 38.6 Å². The minimum absolute atomic E-state index is 0.00795. The Labute approximate surface area is 241 Å². The number of carbonyl (C=O) groups is 3. The quantitative estimate of drug-likeness (QED) is 0.229. The smallest absolute Gasteiger partial charge is 0.317 e. The van der Waals surface area contributed by atoms with Gasteiger partial charge in [0.1, 0.15) is 18.2 Å². The highest BCUT2D eigenvalue weighted by atomic mass is 35.5. The lowest BCUT2D eigenvalue weighted by Crippen LogP contribution is -2.46. The van der Waals surface area contributed by atoms with E-state index in [1.54, 1.807) is 19.2 Å². The SMILES string of the molecule is Cc1ccc2nc(CC(=O)OC[C@H](CC(=O)OCc3ccccc3)N(C)C(=O)NCc3ccccc3Cl)sc2c1. The van der Waals surface area contributed by atoms with E-state index >= 15 is 0 Å². The van der Waals surface area contributed by atoms with Gasteiger partial charge < -0.3 is 19.7 Å². The Bertz CT molecular complexity index is 1480. The molecule has 0 aliphatic rings. The van der Waals surface area contributed by atoms with Crippen molar-refractivity contribution in [2.24, 2.45) is 0 Å². The molecule has 208 valence electrons. The molecule has 2 amide bonds. The second-order valence-electron chi connectivity index (χ2n) is 9.30. The molecule has 8 nitrogen and oxygen atoms in total. The van der Waals surface area contributed by atoms with Gasteiger partial charge in [0.05, 0.1) is 29.1 Å². The normalized spacial score (nSPS) is 11.6. The maximum atomic E-state index is 13.0. The van der Waals surface area contributed by atoms with Gasteiger partial charge in [-0.05, 0) is 41.8 Å². The lowest BCUT2D eigenvalue weighted by Gasteiger charge is -2.27. The molecule has 0 fully saturated rings. The summed E-state index contributed by atoms with van der Waals surface area (Å²) in [5.74, 6) is -1.01. The van der Waals surface area contributed by atoms with Gasteiger partial charge in [-0.1, -0.05) is 66.2 Å². The fourth-order valence-corrected chi connectivity index (χ4v) is 5.17. The highest BCUT2D eigenvalue weighted by molar-refractivity contribution is 7.18. The van der Waals surface area contributed by atoms with Crippen LogP contribution in [0.5, 0.6) is 0 Å². The standard InChI is InChI=1S/C30H30ClN3O5S/c1-20-12-13-25-26(14-20)40-27(33-25)16-29(36)39-19-23(15-28(35)38-18-21-8-4-3-5-9-21)34(2)30(37)32-17-22-10-6-7-11-24(22)31/h3-14,23H,15-19H2,1-2H3,(H,32,37)/t23-/m0/s1. The van der Waals surface area contributed by atoms with Crippen molar-refractivity contribution in [3.63, 3.8) is 0 Å². The first-order chi connectivity index (χ1) is 19.3. The number of thiazole rings is 1. The summed E-state index contributed by atoms with van der Waals surface area (Å²) in [4.78, 5) is 44.2. The van der Waals surface area contributed by atoms with Crippen molar-refractivity contribution in [2.45, 2.75) is 39.0 Å². The van der Waals surface area contributed by atoms with Gasteiger partial charge >= 0.3 is 18.0 Å². The molecule has 0 aliphatic carbocycles. The van der Waals surface area contributed by atoms with Crippen LogP contribution in [0.2, 0.25) is 5.02 Å². The lowest BCUT2D eigenvalue weighted by atomic mass is 10.2. The Morgan fingerprint density at radius 3 is 2.52 bits per heavy atom. The first-order valence-corrected chi connectivity index (χ1v) is 13.9. The summed E-state index contributed by atoms with van der Waals surface area (Å²) < 4.78 is 11.9. The molecule has 10 heteroatoms. The molecule has 4 aromatic rings. The van der Waals surface area contributed by atoms with E-state index in [2.05, 4.69) is 10.3 Å². The molecular formula is C30H30ClN3O5S. The van der Waals surface area contributed by atoms with Crippen molar-refractivity contribution in [1.29, 1.82) is 0 Å². The molecule has 0 saturated carbocycles. The zero-order valence-electron chi connectivity index (χ0n) is 22.3. The Hall–Kier alpha value is -3.95. The van der Waals surface area contributed by atoms with Crippen molar-refractivity contribution in [2.75, 3.05) is 13.7 Å². The number of urea groups is 1. The number of aromatic nitrogens is 1. The third-order valence-corrected chi connectivity index (χ3v) is 7.61. The number of ether oxygens (including phenoxy) is 2. The van der Waals surface area contributed by atoms with Crippen LogP contribution in [0, 0.1) is 6.92 Å². The van der Waals surface area contributed by atoms with E-state index in [1.165, 1.54) is 16.2 Å². The zero-order chi connectivity index (χ0) is 28.5. The van der Waals surface area contributed by atoms with Crippen molar-refractivity contribution in [3.05, 3.63) is 99.5 Å². The summed E-state index contributed by atoms with van der Waals surface area (Å²) >= 11 is 7.64. The molecule has 0 unspecified atom stereocenters. The van der Waals surface area contributed by atoms with Crippen LogP contribution in [0.15, 0.2) is 72.8 Å². The molecule has 0 spiro atoms. The van der Waals surface area contributed by atoms with Crippen molar-refractivity contribution in [1.82, 2.24) is 15.2 Å². The number of esters is 2. The molecule has 0 saturated heterocycles. The van der Waals surface area contributed by atoms with E-state index in [0.29, 0.717) is 10.0 Å². The molecule has 0 radical (unpaired) electrons. The van der Waals surface area contributed by atoms with E-state index in [-0.39, 0.29) is 32.6 Å². The molecule has 4 rings (SSSR count). The molecule has 1 heterocycles. The highest BCUT2D eigenvalue weighted by Crippen LogP contribution is 2.24.